The van der Waals surface area contributed by atoms with Crippen molar-refractivity contribution in [1.82, 2.24) is 0 Å². The normalized spacial score (nSPS) is 20.5. The molecule has 1 fully saturated rings. The van der Waals surface area contributed by atoms with Crippen LogP contribution in [0.1, 0.15) is 55.5 Å². The second-order valence-corrected chi connectivity index (χ2v) is 12.9. The zero-order valence-electron chi connectivity index (χ0n) is 24.7. The lowest BCUT2D eigenvalue weighted by Crippen LogP contribution is -2.41. The maximum Gasteiger partial charge on any atom is 0.494 e. The van der Waals surface area contributed by atoms with Crippen LogP contribution in [0.3, 0.4) is 0 Å². The first-order valence-corrected chi connectivity index (χ1v) is 14.8. The molecule has 0 aromatic heterocycles. The Morgan fingerprint density at radius 2 is 1.14 bits per heavy atom. The minimum atomic E-state index is -0.540. The highest BCUT2D eigenvalue weighted by atomic mass is 16.7. The highest BCUT2D eigenvalue weighted by molar-refractivity contribution is 6.62. The topological polar surface area (TPSA) is 27.7 Å². The zero-order chi connectivity index (χ0) is 28.9. The van der Waals surface area contributed by atoms with E-state index in [1.54, 1.807) is 0 Å². The SMILES string of the molecule is Cc1ccc(-c2ccc3c(c2)-c2ccccc2C32c3ccccc3Oc3ccc(B4OC(C)(C)C(C)(C)O4)cc32)cc1. The van der Waals surface area contributed by atoms with Gasteiger partial charge in [-0.2, -0.15) is 0 Å². The maximum atomic E-state index is 6.62. The Kier molecular flexibility index (Phi) is 5.30. The van der Waals surface area contributed by atoms with Gasteiger partial charge in [0.15, 0.2) is 0 Å². The van der Waals surface area contributed by atoms with E-state index < -0.39 is 23.7 Å². The van der Waals surface area contributed by atoms with Crippen molar-refractivity contribution in [3.8, 4) is 33.8 Å². The lowest BCUT2D eigenvalue weighted by atomic mass is 9.64. The number of hydrogen-bond donors (Lipinski definition) is 0. The fraction of sp³-hybridized carbons (Fsp3) is 0.211. The van der Waals surface area contributed by atoms with Crippen molar-refractivity contribution >= 4 is 12.6 Å². The molecule has 0 amide bonds. The van der Waals surface area contributed by atoms with Gasteiger partial charge < -0.3 is 14.0 Å². The Labute approximate surface area is 248 Å². The lowest BCUT2D eigenvalue weighted by Gasteiger charge is -2.39. The van der Waals surface area contributed by atoms with Gasteiger partial charge in [-0.1, -0.05) is 96.6 Å². The molecule has 5 aromatic carbocycles. The molecule has 0 N–H and O–H groups in total. The Morgan fingerprint density at radius 3 is 1.90 bits per heavy atom. The molecule has 0 saturated carbocycles. The molecule has 42 heavy (non-hydrogen) atoms. The smallest absolute Gasteiger partial charge is 0.457 e. The third-order valence-electron chi connectivity index (χ3n) is 9.87. The summed E-state index contributed by atoms with van der Waals surface area (Å²) in [5, 5.41) is 0. The number of rotatable bonds is 2. The van der Waals surface area contributed by atoms with E-state index in [1.807, 2.05) is 0 Å². The number of hydrogen-bond acceptors (Lipinski definition) is 3. The van der Waals surface area contributed by atoms with Crippen LogP contribution in [0.5, 0.6) is 11.5 Å². The molecule has 0 bridgehead atoms. The molecule has 3 nitrogen and oxygen atoms in total. The maximum absolute atomic E-state index is 6.62. The lowest BCUT2D eigenvalue weighted by molar-refractivity contribution is 0.00578. The summed E-state index contributed by atoms with van der Waals surface area (Å²) in [5.41, 5.74) is 10.6. The van der Waals surface area contributed by atoms with E-state index in [0.717, 1.165) is 28.1 Å². The van der Waals surface area contributed by atoms with Crippen LogP contribution in [0.4, 0.5) is 0 Å². The van der Waals surface area contributed by atoms with E-state index in [-0.39, 0.29) is 0 Å². The van der Waals surface area contributed by atoms with Crippen LogP contribution in [-0.2, 0) is 14.7 Å². The molecule has 3 aliphatic rings. The predicted molar refractivity (Wildman–Crippen MR) is 170 cm³/mol. The molecule has 0 radical (unpaired) electrons. The van der Waals surface area contributed by atoms with Crippen LogP contribution in [0, 0.1) is 6.92 Å². The van der Waals surface area contributed by atoms with E-state index in [9.17, 15) is 0 Å². The Balaban J connectivity index is 1.39. The minimum absolute atomic E-state index is 0.423. The first-order valence-electron chi connectivity index (χ1n) is 14.8. The van der Waals surface area contributed by atoms with E-state index in [0.29, 0.717) is 0 Å². The number of benzene rings is 5. The Hall–Kier alpha value is -4.12. The van der Waals surface area contributed by atoms with Gasteiger partial charge in [-0.25, -0.2) is 0 Å². The first-order chi connectivity index (χ1) is 20.2. The Morgan fingerprint density at radius 1 is 0.524 bits per heavy atom. The van der Waals surface area contributed by atoms with Crippen LogP contribution in [0.25, 0.3) is 22.3 Å². The molecule has 2 heterocycles. The van der Waals surface area contributed by atoms with Gasteiger partial charge in [-0.3, -0.25) is 0 Å². The number of aryl methyl sites for hydroxylation is 1. The molecule has 206 valence electrons. The van der Waals surface area contributed by atoms with Gasteiger partial charge in [-0.05, 0) is 91.7 Å². The molecular weight excluding hydrogens is 515 g/mol. The highest BCUT2D eigenvalue weighted by Crippen LogP contribution is 2.62. The summed E-state index contributed by atoms with van der Waals surface area (Å²) in [4.78, 5) is 0. The van der Waals surface area contributed by atoms with E-state index >= 15 is 0 Å². The van der Waals surface area contributed by atoms with Gasteiger partial charge in [0.25, 0.3) is 0 Å². The quantitative estimate of drug-likeness (QED) is 0.203. The molecule has 2 aliphatic heterocycles. The molecule has 4 heteroatoms. The van der Waals surface area contributed by atoms with E-state index in [1.165, 1.54) is 38.9 Å². The van der Waals surface area contributed by atoms with Gasteiger partial charge in [-0.15, -0.1) is 0 Å². The van der Waals surface area contributed by atoms with E-state index in [2.05, 4.69) is 144 Å². The largest absolute Gasteiger partial charge is 0.494 e. The van der Waals surface area contributed by atoms with Crippen LogP contribution >= 0.6 is 0 Å². The molecular formula is C38H33BO3. The summed E-state index contributed by atoms with van der Waals surface area (Å²) >= 11 is 0. The molecule has 1 spiro atoms. The highest BCUT2D eigenvalue weighted by Gasteiger charge is 2.54. The zero-order valence-corrected chi connectivity index (χ0v) is 24.7. The summed E-state index contributed by atoms with van der Waals surface area (Å²) in [6.07, 6.45) is 0. The molecule has 8 rings (SSSR count). The fourth-order valence-electron chi connectivity index (χ4n) is 6.97. The number of fused-ring (bicyclic) bond motifs is 9. The van der Waals surface area contributed by atoms with Crippen molar-refractivity contribution in [2.75, 3.05) is 0 Å². The van der Waals surface area contributed by atoms with Gasteiger partial charge in [0.05, 0.1) is 16.6 Å². The first kappa shape index (κ1) is 25.6. The third kappa shape index (κ3) is 3.43. The van der Waals surface area contributed by atoms with Crippen molar-refractivity contribution in [3.63, 3.8) is 0 Å². The van der Waals surface area contributed by atoms with Crippen LogP contribution in [0.15, 0.2) is 109 Å². The Bertz CT molecular complexity index is 1870. The fourth-order valence-corrected chi connectivity index (χ4v) is 6.97. The molecule has 1 unspecified atom stereocenters. The van der Waals surface area contributed by atoms with Crippen molar-refractivity contribution in [2.45, 2.75) is 51.2 Å². The summed E-state index contributed by atoms with van der Waals surface area (Å²) in [6, 6.07) is 39.5. The van der Waals surface area contributed by atoms with Crippen molar-refractivity contribution in [2.24, 2.45) is 0 Å². The van der Waals surface area contributed by atoms with Crippen LogP contribution in [-0.4, -0.2) is 18.3 Å². The standard InChI is InChI=1S/C38H33BO3/c1-24-14-16-25(17-15-24)26-18-20-31-29(22-26)28-10-6-7-11-30(28)38(31)32-12-8-9-13-34(32)40-35-21-19-27(23-33(35)38)39-41-36(2,3)37(4,5)42-39/h6-23H,1-5H3. The van der Waals surface area contributed by atoms with Gasteiger partial charge >= 0.3 is 7.12 Å². The second-order valence-electron chi connectivity index (χ2n) is 12.9. The summed E-state index contributed by atoms with van der Waals surface area (Å²) in [7, 11) is -0.463. The van der Waals surface area contributed by atoms with Crippen molar-refractivity contribution < 1.29 is 14.0 Å². The summed E-state index contributed by atoms with van der Waals surface area (Å²) in [5.74, 6) is 1.75. The van der Waals surface area contributed by atoms with E-state index in [4.69, 9.17) is 14.0 Å². The molecule has 1 aliphatic carbocycles. The summed E-state index contributed by atoms with van der Waals surface area (Å²) in [6.45, 7) is 10.5. The molecule has 1 saturated heterocycles. The van der Waals surface area contributed by atoms with Gasteiger partial charge in [0.2, 0.25) is 0 Å². The number of para-hydroxylation sites is 1. The van der Waals surface area contributed by atoms with Crippen molar-refractivity contribution in [3.05, 3.63) is 137 Å². The van der Waals surface area contributed by atoms with Crippen LogP contribution < -0.4 is 10.2 Å². The van der Waals surface area contributed by atoms with Crippen molar-refractivity contribution in [1.29, 1.82) is 0 Å². The summed E-state index contributed by atoms with van der Waals surface area (Å²) < 4.78 is 19.6. The predicted octanol–water partition coefficient (Wildman–Crippen LogP) is 8.43. The monoisotopic (exact) mass is 548 g/mol. The molecule has 1 atom stereocenters. The van der Waals surface area contributed by atoms with Gasteiger partial charge in [0, 0.05) is 11.1 Å². The number of ether oxygens (including phenoxy) is 1. The average molecular weight is 548 g/mol. The molecule has 5 aromatic rings. The minimum Gasteiger partial charge on any atom is -0.457 e. The van der Waals surface area contributed by atoms with Gasteiger partial charge in [0.1, 0.15) is 11.5 Å². The van der Waals surface area contributed by atoms with Crippen LogP contribution in [0.2, 0.25) is 0 Å². The third-order valence-corrected chi connectivity index (χ3v) is 9.87. The second kappa shape index (κ2) is 8.70. The average Bonchev–Trinajstić information content (AvgIpc) is 3.40.